The molecule has 0 heterocycles. The van der Waals surface area contributed by atoms with E-state index in [-0.39, 0.29) is 17.0 Å². The quantitative estimate of drug-likeness (QED) is 0.423. The molecule has 2 atom stereocenters. The lowest BCUT2D eigenvalue weighted by molar-refractivity contribution is -0.118. The van der Waals surface area contributed by atoms with Gasteiger partial charge in [0.2, 0.25) is 5.91 Å². The van der Waals surface area contributed by atoms with E-state index in [0.717, 1.165) is 0 Å². The molecule has 0 saturated carbocycles. The van der Waals surface area contributed by atoms with Gasteiger partial charge in [0.1, 0.15) is 0 Å². The molecule has 10 heavy (non-hydrogen) atoms. The van der Waals surface area contributed by atoms with E-state index in [1.807, 2.05) is 0 Å². The Labute approximate surface area is 71.4 Å². The van der Waals surface area contributed by atoms with Crippen molar-refractivity contribution in [2.45, 2.75) is 23.5 Å². The lowest BCUT2D eigenvalue weighted by Gasteiger charge is -2.11. The summed E-state index contributed by atoms with van der Waals surface area (Å²) in [4.78, 5) is 10.1. The molecule has 0 aromatic heterocycles. The van der Waals surface area contributed by atoms with Crippen molar-refractivity contribution < 1.29 is 4.79 Å². The lowest BCUT2D eigenvalue weighted by atomic mass is 10.2. The van der Waals surface area contributed by atoms with Crippen molar-refractivity contribution >= 4 is 31.2 Å². The van der Waals surface area contributed by atoms with Gasteiger partial charge in [0.05, 0.1) is 5.37 Å². The predicted molar refractivity (Wildman–Crippen MR) is 47.1 cm³/mol. The van der Waals surface area contributed by atoms with E-state index in [9.17, 15) is 4.79 Å². The van der Waals surface area contributed by atoms with Crippen LogP contribution in [0.15, 0.2) is 0 Å². The fraction of sp³-hybridized carbons (Fsp3) is 0.800. The van der Waals surface area contributed by atoms with Crippen molar-refractivity contribution in [1.82, 2.24) is 5.73 Å². The molecule has 2 unspecified atom stereocenters. The Hall–Kier alpha value is 0.130. The summed E-state index contributed by atoms with van der Waals surface area (Å²) in [5, 5.41) is -0.416. The summed E-state index contributed by atoms with van der Waals surface area (Å²) >= 11 is 7.99. The van der Waals surface area contributed by atoms with E-state index < -0.39 is 5.91 Å². The van der Waals surface area contributed by atoms with Crippen LogP contribution in [0, 0.1) is 0 Å². The minimum Gasteiger partial charge on any atom is -0.319 e. The minimum absolute atomic E-state index is 0.0994. The molecular weight excluding hydrogens is 168 g/mol. The smallest absolute Gasteiger partial charge is 0.238 e. The van der Waals surface area contributed by atoms with Gasteiger partial charge in [-0.1, -0.05) is 0 Å². The summed E-state index contributed by atoms with van der Waals surface area (Å²) in [6.07, 6.45) is 0.735. The predicted octanol–water partition coefficient (Wildman–Crippen LogP) is 0.0891. The van der Waals surface area contributed by atoms with Gasteiger partial charge in [0, 0.05) is 11.7 Å². The minimum atomic E-state index is -0.576. The summed E-state index contributed by atoms with van der Waals surface area (Å²) in [6.45, 7) is 0. The first-order valence-corrected chi connectivity index (χ1v) is 3.93. The Morgan fingerprint density at radius 2 is 2.10 bits per heavy atom. The highest BCUT2D eigenvalue weighted by Crippen LogP contribution is 2.09. The van der Waals surface area contributed by atoms with Gasteiger partial charge in [0.15, 0.2) is 0 Å². The number of amides is 1. The molecule has 0 rings (SSSR count). The van der Waals surface area contributed by atoms with Crippen LogP contribution in [0.4, 0.5) is 0 Å². The molecule has 0 aromatic rings. The molecule has 59 valence electrons. The van der Waals surface area contributed by atoms with Crippen LogP contribution < -0.4 is 11.5 Å². The van der Waals surface area contributed by atoms with E-state index in [4.69, 9.17) is 11.5 Å². The average Bonchev–Trinajstić information content (AvgIpc) is 1.82. The van der Waals surface area contributed by atoms with Crippen molar-refractivity contribution in [3.05, 3.63) is 0 Å². The maximum Gasteiger partial charge on any atom is 0.238 e. The van der Waals surface area contributed by atoms with Crippen LogP contribution in [0.5, 0.6) is 0 Å². The Morgan fingerprint density at radius 3 is 2.40 bits per heavy atom. The second kappa shape index (κ2) is 4.87. The molecule has 1 amide bonds. The number of hydrogen-bond acceptors (Lipinski definition) is 4. The largest absolute Gasteiger partial charge is 0.319 e. The zero-order valence-electron chi connectivity index (χ0n) is 5.45. The molecule has 0 aliphatic heterocycles. The van der Waals surface area contributed by atoms with Crippen LogP contribution in [-0.4, -0.2) is 16.5 Å². The van der Waals surface area contributed by atoms with Crippen LogP contribution >= 0.6 is 25.3 Å². The topological polar surface area (TPSA) is 66.9 Å². The van der Waals surface area contributed by atoms with Crippen molar-refractivity contribution in [2.24, 2.45) is 5.73 Å². The standard InChI is InChI=1S/C5H11N2OS2/c6-4(8)2-1-3(9)5(7)10/h3,5-6,9-10H,1-2,7H2. The number of rotatable bonds is 4. The van der Waals surface area contributed by atoms with Gasteiger partial charge < -0.3 is 5.73 Å². The average molecular weight is 179 g/mol. The molecule has 1 radical (unpaired) electrons. The van der Waals surface area contributed by atoms with Gasteiger partial charge in [-0.05, 0) is 6.42 Å². The first-order chi connectivity index (χ1) is 4.54. The number of carbonyl (C=O) groups is 1. The first-order valence-electron chi connectivity index (χ1n) is 2.90. The molecular formula is C5H11N2OS2. The van der Waals surface area contributed by atoms with Gasteiger partial charge in [0.25, 0.3) is 0 Å². The number of carbonyl (C=O) groups excluding carboxylic acids is 1. The van der Waals surface area contributed by atoms with Crippen molar-refractivity contribution in [1.29, 1.82) is 0 Å². The molecule has 5 heteroatoms. The van der Waals surface area contributed by atoms with E-state index in [1.165, 1.54) is 0 Å². The van der Waals surface area contributed by atoms with E-state index in [2.05, 4.69) is 25.3 Å². The molecule has 0 spiro atoms. The van der Waals surface area contributed by atoms with Crippen molar-refractivity contribution in [2.75, 3.05) is 0 Å². The van der Waals surface area contributed by atoms with Gasteiger partial charge in [-0.15, -0.1) is 0 Å². The Bertz CT molecular complexity index is 118. The maximum atomic E-state index is 10.1. The molecule has 0 bridgehead atoms. The zero-order chi connectivity index (χ0) is 8.15. The summed E-state index contributed by atoms with van der Waals surface area (Å²) in [6, 6.07) is 0. The van der Waals surface area contributed by atoms with Crippen molar-refractivity contribution in [3.63, 3.8) is 0 Å². The number of thiol groups is 2. The first kappa shape index (κ1) is 10.1. The summed E-state index contributed by atoms with van der Waals surface area (Å²) in [5.41, 5.74) is 11.9. The van der Waals surface area contributed by atoms with E-state index in [1.54, 1.807) is 0 Å². The van der Waals surface area contributed by atoms with E-state index in [0.29, 0.717) is 6.42 Å². The van der Waals surface area contributed by atoms with Crippen LogP contribution in [-0.2, 0) is 4.79 Å². The third kappa shape index (κ3) is 4.96. The third-order valence-electron chi connectivity index (χ3n) is 1.06. The van der Waals surface area contributed by atoms with Gasteiger partial charge in [-0.3, -0.25) is 10.5 Å². The molecule has 0 aliphatic rings. The molecule has 0 aromatic carbocycles. The Balaban J connectivity index is 3.39. The van der Waals surface area contributed by atoms with Crippen LogP contribution in [0.1, 0.15) is 12.8 Å². The normalized spacial score (nSPS) is 16.3. The molecule has 0 fully saturated rings. The fourth-order valence-electron chi connectivity index (χ4n) is 0.450. The van der Waals surface area contributed by atoms with Gasteiger partial charge in [-0.25, -0.2) is 0 Å². The molecule has 0 aliphatic carbocycles. The second-order valence-corrected chi connectivity index (χ2v) is 3.28. The van der Waals surface area contributed by atoms with Gasteiger partial charge >= 0.3 is 0 Å². The third-order valence-corrected chi connectivity index (χ3v) is 2.24. The summed E-state index contributed by atoms with van der Waals surface area (Å²) in [5.74, 6) is -0.576. The number of nitrogens with one attached hydrogen (secondary N) is 1. The molecule has 0 saturated heterocycles. The lowest BCUT2D eigenvalue weighted by Crippen LogP contribution is -2.25. The van der Waals surface area contributed by atoms with Crippen LogP contribution in [0.3, 0.4) is 0 Å². The van der Waals surface area contributed by atoms with Crippen LogP contribution in [0.2, 0.25) is 0 Å². The Kier molecular flexibility index (Phi) is 4.93. The number of nitrogens with two attached hydrogens (primary N) is 1. The number of hydrogen-bond donors (Lipinski definition) is 3. The molecule has 3 N–H and O–H groups in total. The fourth-order valence-corrected chi connectivity index (χ4v) is 0.728. The summed E-state index contributed by atoms with van der Waals surface area (Å²) < 4.78 is 0. The molecule has 3 nitrogen and oxygen atoms in total. The summed E-state index contributed by atoms with van der Waals surface area (Å²) in [7, 11) is 0. The second-order valence-electron chi connectivity index (χ2n) is 2.02. The van der Waals surface area contributed by atoms with Crippen LogP contribution in [0.25, 0.3) is 0 Å². The monoisotopic (exact) mass is 179 g/mol. The highest BCUT2D eigenvalue weighted by molar-refractivity contribution is 7.85. The Morgan fingerprint density at radius 1 is 1.60 bits per heavy atom. The van der Waals surface area contributed by atoms with Gasteiger partial charge in [-0.2, -0.15) is 25.3 Å². The highest BCUT2D eigenvalue weighted by Gasteiger charge is 2.09. The highest BCUT2D eigenvalue weighted by atomic mass is 32.1. The van der Waals surface area contributed by atoms with Crippen molar-refractivity contribution in [3.8, 4) is 0 Å². The SMILES string of the molecule is [NH]C(=O)CCC(S)C(N)S. The van der Waals surface area contributed by atoms with E-state index >= 15 is 0 Å². The zero-order valence-corrected chi connectivity index (χ0v) is 7.24. The maximum absolute atomic E-state index is 10.1.